The number of nitrogens with zero attached hydrogens (tertiary/aromatic N) is 2. The minimum Gasteiger partial charge on any atom is -0.482 e. The van der Waals surface area contributed by atoms with E-state index in [-0.39, 0.29) is 27.0 Å². The minimum atomic E-state index is -3.77. The smallest absolute Gasteiger partial charge is 0.344 e. The van der Waals surface area contributed by atoms with Gasteiger partial charge in [0.05, 0.1) is 15.3 Å². The Morgan fingerprint density at radius 3 is 2.36 bits per heavy atom. The molecule has 0 saturated heterocycles. The van der Waals surface area contributed by atoms with E-state index >= 15 is 0 Å². The van der Waals surface area contributed by atoms with Crippen molar-refractivity contribution in [3.63, 3.8) is 0 Å². The van der Waals surface area contributed by atoms with Crippen LogP contribution >= 0.6 is 11.3 Å². The van der Waals surface area contributed by atoms with Crippen molar-refractivity contribution in [1.82, 2.24) is 4.98 Å². The molecule has 1 N–H and O–H groups in total. The highest BCUT2D eigenvalue weighted by Crippen LogP contribution is 2.30. The van der Waals surface area contributed by atoms with Crippen LogP contribution in [0.1, 0.15) is 6.92 Å². The second kappa shape index (κ2) is 11.7. The average Bonchev–Trinajstić information content (AvgIpc) is 3.33. The van der Waals surface area contributed by atoms with Crippen LogP contribution in [-0.4, -0.2) is 45.0 Å². The van der Waals surface area contributed by atoms with Gasteiger partial charge < -0.3 is 9.47 Å². The lowest BCUT2D eigenvalue weighted by molar-refractivity contribution is -0.149. The number of carbonyl (C=O) groups is 2. The Morgan fingerprint density at radius 2 is 1.69 bits per heavy atom. The molecule has 0 spiro atoms. The molecule has 1 amide bonds. The van der Waals surface area contributed by atoms with Crippen molar-refractivity contribution in [1.29, 1.82) is 0 Å². The van der Waals surface area contributed by atoms with Crippen LogP contribution in [-0.2, 0) is 24.3 Å². The van der Waals surface area contributed by atoms with Crippen molar-refractivity contribution in [2.75, 3.05) is 29.4 Å². The number of hydrogen-bond acceptors (Lipinski definition) is 8. The summed E-state index contributed by atoms with van der Waals surface area (Å²) in [4.78, 5) is 27.9. The number of nitrogens with one attached hydrogen (secondary N) is 1. The second-order valence-electron chi connectivity index (χ2n) is 7.83. The molecule has 0 fully saturated rings. The Labute approximate surface area is 224 Å². The quantitative estimate of drug-likeness (QED) is 0.218. The molecule has 4 aromatic rings. The van der Waals surface area contributed by atoms with Gasteiger partial charge in [0.25, 0.3) is 15.9 Å². The molecule has 0 bridgehead atoms. The number of anilines is 2. The van der Waals surface area contributed by atoms with Crippen LogP contribution in [0.4, 0.5) is 24.0 Å². The molecule has 14 heteroatoms. The zero-order chi connectivity index (χ0) is 28.2. The van der Waals surface area contributed by atoms with Crippen molar-refractivity contribution >= 4 is 54.3 Å². The van der Waals surface area contributed by atoms with Gasteiger partial charge in [-0.3, -0.25) is 14.4 Å². The Bertz CT molecular complexity index is 1610. The van der Waals surface area contributed by atoms with E-state index < -0.39 is 58.1 Å². The van der Waals surface area contributed by atoms with Crippen LogP contribution in [0, 0.1) is 17.5 Å². The fourth-order valence-electron chi connectivity index (χ4n) is 3.43. The van der Waals surface area contributed by atoms with Gasteiger partial charge in [0, 0.05) is 6.54 Å². The van der Waals surface area contributed by atoms with Crippen molar-refractivity contribution < 1.29 is 40.7 Å². The summed E-state index contributed by atoms with van der Waals surface area (Å²) in [5.41, 5.74) is -0.0431. The zero-order valence-electron chi connectivity index (χ0n) is 20.2. The van der Waals surface area contributed by atoms with Crippen molar-refractivity contribution in [3.8, 4) is 5.75 Å². The Hall–Kier alpha value is -4.17. The summed E-state index contributed by atoms with van der Waals surface area (Å²) in [6.07, 6.45) is 0. The Kier molecular flexibility index (Phi) is 8.35. The minimum absolute atomic E-state index is 0.0159. The van der Waals surface area contributed by atoms with E-state index in [1.165, 1.54) is 40.7 Å². The number of esters is 1. The van der Waals surface area contributed by atoms with Crippen LogP contribution < -0.4 is 14.4 Å². The lowest BCUT2D eigenvalue weighted by atomic mass is 10.3. The predicted octanol–water partition coefficient (Wildman–Crippen LogP) is 4.49. The van der Waals surface area contributed by atoms with Crippen LogP contribution in [0.25, 0.3) is 10.2 Å². The summed E-state index contributed by atoms with van der Waals surface area (Å²) in [7, 11) is -3.77. The van der Waals surface area contributed by atoms with Crippen LogP contribution in [0.5, 0.6) is 5.75 Å². The van der Waals surface area contributed by atoms with Crippen LogP contribution in [0.2, 0.25) is 0 Å². The van der Waals surface area contributed by atoms with E-state index in [1.54, 1.807) is 25.1 Å². The van der Waals surface area contributed by atoms with Crippen molar-refractivity contribution in [2.24, 2.45) is 0 Å². The first-order valence-corrected chi connectivity index (χ1v) is 13.6. The molecule has 0 atom stereocenters. The van der Waals surface area contributed by atoms with Gasteiger partial charge in [-0.15, -0.1) is 0 Å². The molecule has 0 radical (unpaired) electrons. The summed E-state index contributed by atoms with van der Waals surface area (Å²) in [6, 6.07) is 14.8. The number of amides is 1. The molecule has 9 nitrogen and oxygen atoms in total. The van der Waals surface area contributed by atoms with E-state index in [0.29, 0.717) is 17.0 Å². The molecule has 4 rings (SSSR count). The molecule has 1 aromatic heterocycles. The van der Waals surface area contributed by atoms with E-state index in [1.807, 2.05) is 0 Å². The molecule has 39 heavy (non-hydrogen) atoms. The molecule has 204 valence electrons. The number of hydrogen-bond donors (Lipinski definition) is 1. The maximum atomic E-state index is 13.8. The van der Waals surface area contributed by atoms with Crippen LogP contribution in [0.3, 0.4) is 0 Å². The van der Waals surface area contributed by atoms with E-state index in [0.717, 1.165) is 6.07 Å². The molecule has 3 aromatic carbocycles. The van der Waals surface area contributed by atoms with Crippen LogP contribution in [0.15, 0.2) is 65.6 Å². The summed E-state index contributed by atoms with van der Waals surface area (Å²) < 4.78 is 77.8. The molecule has 0 unspecified atom stereocenters. The third-order valence-electron chi connectivity index (χ3n) is 5.23. The van der Waals surface area contributed by atoms with Gasteiger partial charge in [-0.2, -0.15) is 0 Å². The number of fused-ring (bicyclic) bond motifs is 1. The zero-order valence-corrected chi connectivity index (χ0v) is 21.8. The number of rotatable bonds is 10. The first kappa shape index (κ1) is 27.9. The first-order chi connectivity index (χ1) is 18.6. The number of ether oxygens (including phenoxy) is 2. The maximum Gasteiger partial charge on any atom is 0.344 e. The number of sulfonamides is 1. The maximum absolute atomic E-state index is 13.8. The lowest BCUT2D eigenvalue weighted by Crippen LogP contribution is -2.30. The van der Waals surface area contributed by atoms with Gasteiger partial charge in [0.2, 0.25) is 0 Å². The Balaban J connectivity index is 1.28. The van der Waals surface area contributed by atoms with E-state index in [4.69, 9.17) is 9.47 Å². The molecule has 0 aliphatic carbocycles. The predicted molar refractivity (Wildman–Crippen MR) is 138 cm³/mol. The summed E-state index contributed by atoms with van der Waals surface area (Å²) in [5, 5.41) is 2.12. The van der Waals surface area contributed by atoms with Gasteiger partial charge in [-0.05, 0) is 49.4 Å². The number of aromatic nitrogens is 1. The Morgan fingerprint density at radius 1 is 1.00 bits per heavy atom. The highest BCUT2D eigenvalue weighted by atomic mass is 32.2. The largest absolute Gasteiger partial charge is 0.482 e. The average molecular weight is 580 g/mol. The van der Waals surface area contributed by atoms with Gasteiger partial charge in [-0.1, -0.05) is 29.5 Å². The molecule has 1 heterocycles. The van der Waals surface area contributed by atoms with Gasteiger partial charge in [-0.25, -0.2) is 31.4 Å². The van der Waals surface area contributed by atoms with Crippen molar-refractivity contribution in [3.05, 3.63) is 78.1 Å². The van der Waals surface area contributed by atoms with Gasteiger partial charge in [0.1, 0.15) is 11.3 Å². The molecular weight excluding hydrogens is 559 g/mol. The van der Waals surface area contributed by atoms with E-state index in [2.05, 4.69) is 10.3 Å². The first-order valence-electron chi connectivity index (χ1n) is 11.3. The summed E-state index contributed by atoms with van der Waals surface area (Å²) in [6.45, 7) is 0.625. The van der Waals surface area contributed by atoms with Gasteiger partial charge in [0.15, 0.2) is 35.8 Å². The second-order valence-corrected chi connectivity index (χ2v) is 10.7. The number of carbonyl (C=O) groups excluding carboxylic acids is 2. The number of thiazole rings is 1. The standard InChI is InChI=1S/C25H20F3N3O6S2/c1-2-31(39(34,35)17-6-4-3-5-7-17)15-8-10-16(11-9-15)36-14-21(33)37-13-20(32)29-25-30-24-19(38-25)12-18(26)22(27)23(24)28/h3-12H,2,13-14H2,1H3,(H,29,30,32). The normalized spacial score (nSPS) is 11.3. The molecular formula is C25H20F3N3O6S2. The monoisotopic (exact) mass is 579 g/mol. The fraction of sp³-hybridized carbons (Fsp3) is 0.160. The summed E-state index contributed by atoms with van der Waals surface area (Å²) in [5.74, 6) is -5.97. The number of benzene rings is 3. The highest BCUT2D eigenvalue weighted by Gasteiger charge is 2.23. The van der Waals surface area contributed by atoms with Gasteiger partial charge >= 0.3 is 5.97 Å². The summed E-state index contributed by atoms with van der Waals surface area (Å²) >= 11 is 0.713. The van der Waals surface area contributed by atoms with E-state index in [9.17, 15) is 31.2 Å². The third kappa shape index (κ3) is 6.29. The fourth-order valence-corrected chi connectivity index (χ4v) is 5.83. The lowest BCUT2D eigenvalue weighted by Gasteiger charge is -2.23. The highest BCUT2D eigenvalue weighted by molar-refractivity contribution is 7.92. The topological polar surface area (TPSA) is 115 Å². The SMILES string of the molecule is CCN(c1ccc(OCC(=O)OCC(=O)Nc2nc3c(F)c(F)c(F)cc3s2)cc1)S(=O)(=O)c1ccccc1. The molecule has 0 saturated carbocycles. The number of halogens is 3. The molecule has 0 aliphatic heterocycles. The third-order valence-corrected chi connectivity index (χ3v) is 8.07. The van der Waals surface area contributed by atoms with Crippen molar-refractivity contribution in [2.45, 2.75) is 11.8 Å². The molecule has 0 aliphatic rings.